The summed E-state index contributed by atoms with van der Waals surface area (Å²) in [5.41, 5.74) is 2.53. The Balaban J connectivity index is 2.06. The first-order valence-electron chi connectivity index (χ1n) is 5.49. The molecule has 0 spiro atoms. The topological polar surface area (TPSA) is 62.5 Å². The van der Waals surface area contributed by atoms with Gasteiger partial charge in [0.05, 0.1) is 12.1 Å². The van der Waals surface area contributed by atoms with Crippen LogP contribution in [0.25, 0.3) is 0 Å². The number of benzene rings is 1. The summed E-state index contributed by atoms with van der Waals surface area (Å²) in [7, 11) is 0. The van der Waals surface area contributed by atoms with Gasteiger partial charge in [-0.3, -0.25) is 14.8 Å². The fraction of sp³-hybridized carbons (Fsp3) is 0.0714. The van der Waals surface area contributed by atoms with Crippen molar-refractivity contribution in [1.82, 2.24) is 4.98 Å². The summed E-state index contributed by atoms with van der Waals surface area (Å²) in [4.78, 5) is 18.7. The average Bonchev–Trinajstić information content (AvgIpc) is 2.38. The maximum atomic E-state index is 10.5. The summed E-state index contributed by atoms with van der Waals surface area (Å²) in [6, 6.07) is 10.9. The fourth-order valence-corrected chi connectivity index (χ4v) is 1.47. The lowest BCUT2D eigenvalue weighted by molar-refractivity contribution is -0.136. The van der Waals surface area contributed by atoms with Gasteiger partial charge in [0.1, 0.15) is 0 Å². The molecule has 4 heteroatoms. The number of rotatable bonds is 4. The molecule has 1 aromatic carbocycles. The molecule has 18 heavy (non-hydrogen) atoms. The van der Waals surface area contributed by atoms with Crippen molar-refractivity contribution in [2.45, 2.75) is 6.42 Å². The third-order valence-corrected chi connectivity index (χ3v) is 2.36. The van der Waals surface area contributed by atoms with E-state index in [0.717, 1.165) is 16.8 Å². The van der Waals surface area contributed by atoms with Gasteiger partial charge < -0.3 is 5.11 Å². The van der Waals surface area contributed by atoms with Gasteiger partial charge in [-0.05, 0) is 35.4 Å². The van der Waals surface area contributed by atoms with Crippen LogP contribution < -0.4 is 0 Å². The summed E-state index contributed by atoms with van der Waals surface area (Å²) in [5, 5.41) is 8.65. The molecular formula is C14H12N2O2. The smallest absolute Gasteiger partial charge is 0.307 e. The van der Waals surface area contributed by atoms with Crippen LogP contribution in [-0.2, 0) is 11.2 Å². The fourth-order valence-electron chi connectivity index (χ4n) is 1.47. The van der Waals surface area contributed by atoms with Crippen molar-refractivity contribution < 1.29 is 9.90 Å². The Hall–Kier alpha value is -2.49. The first-order valence-corrected chi connectivity index (χ1v) is 5.49. The number of aliphatic imine (C=N–C) groups is 1. The highest BCUT2D eigenvalue weighted by Crippen LogP contribution is 2.13. The maximum absolute atomic E-state index is 10.5. The molecule has 0 saturated carbocycles. The summed E-state index contributed by atoms with van der Waals surface area (Å²) in [6.07, 6.45) is 5.19. The molecule has 0 unspecified atom stereocenters. The van der Waals surface area contributed by atoms with E-state index in [0.29, 0.717) is 0 Å². The van der Waals surface area contributed by atoms with Gasteiger partial charge in [-0.25, -0.2) is 0 Å². The van der Waals surface area contributed by atoms with E-state index < -0.39 is 5.97 Å². The Bertz CT molecular complexity index is 548. The molecule has 2 rings (SSSR count). The number of carbonyl (C=O) groups is 1. The molecule has 1 heterocycles. The van der Waals surface area contributed by atoms with Crippen LogP contribution in [-0.4, -0.2) is 22.3 Å². The van der Waals surface area contributed by atoms with E-state index in [1.54, 1.807) is 42.9 Å². The number of pyridine rings is 1. The molecule has 0 bridgehead atoms. The van der Waals surface area contributed by atoms with Gasteiger partial charge in [0.25, 0.3) is 0 Å². The average molecular weight is 240 g/mol. The van der Waals surface area contributed by atoms with E-state index in [1.165, 1.54) is 0 Å². The first-order chi connectivity index (χ1) is 8.74. The van der Waals surface area contributed by atoms with Crippen molar-refractivity contribution in [3.63, 3.8) is 0 Å². The Labute approximate surface area is 105 Å². The zero-order valence-electron chi connectivity index (χ0n) is 9.65. The van der Waals surface area contributed by atoms with Crippen LogP contribution in [0.2, 0.25) is 0 Å². The molecule has 1 N–H and O–H groups in total. The highest BCUT2D eigenvalue weighted by atomic mass is 16.4. The van der Waals surface area contributed by atoms with Crippen LogP contribution in [0.1, 0.15) is 11.1 Å². The third kappa shape index (κ3) is 3.52. The van der Waals surface area contributed by atoms with Crippen LogP contribution in [0.5, 0.6) is 0 Å². The minimum Gasteiger partial charge on any atom is -0.481 e. The molecule has 90 valence electrons. The van der Waals surface area contributed by atoms with Gasteiger partial charge in [-0.15, -0.1) is 0 Å². The number of aromatic nitrogens is 1. The predicted octanol–water partition coefficient (Wildman–Crippen LogP) is 2.46. The summed E-state index contributed by atoms with van der Waals surface area (Å²) in [6.45, 7) is 0. The Morgan fingerprint density at radius 3 is 2.44 bits per heavy atom. The summed E-state index contributed by atoms with van der Waals surface area (Å²) < 4.78 is 0. The summed E-state index contributed by atoms with van der Waals surface area (Å²) in [5.74, 6) is -0.831. The molecule has 1 aromatic heterocycles. The van der Waals surface area contributed by atoms with Crippen molar-refractivity contribution in [2.75, 3.05) is 0 Å². The molecule has 0 amide bonds. The number of carboxylic acids is 1. The molecule has 0 radical (unpaired) electrons. The minimum atomic E-state index is -0.831. The second-order valence-corrected chi connectivity index (χ2v) is 3.78. The molecule has 0 fully saturated rings. The molecule has 4 nitrogen and oxygen atoms in total. The number of carboxylic acid groups (broad SMARTS) is 1. The van der Waals surface area contributed by atoms with Crippen LogP contribution in [0.4, 0.5) is 5.69 Å². The van der Waals surface area contributed by atoms with Gasteiger partial charge in [0, 0.05) is 18.6 Å². The maximum Gasteiger partial charge on any atom is 0.307 e. The Morgan fingerprint density at radius 2 is 1.83 bits per heavy atom. The highest BCUT2D eigenvalue weighted by Gasteiger charge is 1.99. The van der Waals surface area contributed by atoms with Crippen molar-refractivity contribution in [3.8, 4) is 0 Å². The zero-order valence-corrected chi connectivity index (χ0v) is 9.65. The zero-order chi connectivity index (χ0) is 12.8. The van der Waals surface area contributed by atoms with Crippen molar-refractivity contribution in [3.05, 3.63) is 59.9 Å². The van der Waals surface area contributed by atoms with E-state index in [-0.39, 0.29) is 6.42 Å². The number of aliphatic carboxylic acids is 1. The predicted molar refractivity (Wildman–Crippen MR) is 69.3 cm³/mol. The normalized spacial score (nSPS) is 10.7. The lowest BCUT2D eigenvalue weighted by atomic mass is 10.1. The van der Waals surface area contributed by atoms with E-state index in [9.17, 15) is 4.79 Å². The van der Waals surface area contributed by atoms with E-state index in [1.807, 2.05) is 12.1 Å². The first kappa shape index (κ1) is 12.0. The Kier molecular flexibility index (Phi) is 3.81. The number of nitrogens with zero attached hydrogens (tertiary/aromatic N) is 2. The summed E-state index contributed by atoms with van der Waals surface area (Å²) >= 11 is 0. The van der Waals surface area contributed by atoms with Crippen LogP contribution >= 0.6 is 0 Å². The van der Waals surface area contributed by atoms with Gasteiger partial charge in [0.15, 0.2) is 0 Å². The lowest BCUT2D eigenvalue weighted by Crippen LogP contribution is -1.99. The van der Waals surface area contributed by atoms with Gasteiger partial charge in [-0.2, -0.15) is 0 Å². The monoisotopic (exact) mass is 240 g/mol. The van der Waals surface area contributed by atoms with Crippen LogP contribution in [0, 0.1) is 0 Å². The quantitative estimate of drug-likeness (QED) is 0.835. The lowest BCUT2D eigenvalue weighted by Gasteiger charge is -1.98. The second-order valence-electron chi connectivity index (χ2n) is 3.78. The van der Waals surface area contributed by atoms with Crippen molar-refractivity contribution in [1.29, 1.82) is 0 Å². The Morgan fingerprint density at radius 1 is 1.17 bits per heavy atom. The molecule has 2 aromatic rings. The highest BCUT2D eigenvalue weighted by molar-refractivity contribution is 5.81. The largest absolute Gasteiger partial charge is 0.481 e. The standard InChI is InChI=1S/C14H12N2O2/c17-14(18)9-11-1-3-13(4-2-11)16-10-12-5-7-15-8-6-12/h1-8,10H,9H2,(H,17,18). The molecule has 0 aliphatic rings. The van der Waals surface area contributed by atoms with E-state index in [4.69, 9.17) is 5.11 Å². The number of hydrogen-bond acceptors (Lipinski definition) is 3. The molecule has 0 atom stereocenters. The SMILES string of the molecule is O=C(O)Cc1ccc(N=Cc2ccncc2)cc1. The van der Waals surface area contributed by atoms with Crippen LogP contribution in [0.3, 0.4) is 0 Å². The molecular weight excluding hydrogens is 228 g/mol. The van der Waals surface area contributed by atoms with E-state index in [2.05, 4.69) is 9.98 Å². The van der Waals surface area contributed by atoms with Crippen molar-refractivity contribution in [2.24, 2.45) is 4.99 Å². The number of hydrogen-bond donors (Lipinski definition) is 1. The molecule has 0 aliphatic carbocycles. The second kappa shape index (κ2) is 5.72. The molecule has 0 saturated heterocycles. The van der Waals surface area contributed by atoms with Gasteiger partial charge in [-0.1, -0.05) is 12.1 Å². The van der Waals surface area contributed by atoms with Gasteiger partial charge >= 0.3 is 5.97 Å². The van der Waals surface area contributed by atoms with E-state index >= 15 is 0 Å². The third-order valence-electron chi connectivity index (χ3n) is 2.36. The molecule has 0 aliphatic heterocycles. The van der Waals surface area contributed by atoms with Crippen molar-refractivity contribution >= 4 is 17.9 Å². The minimum absolute atomic E-state index is 0.0361. The van der Waals surface area contributed by atoms with Gasteiger partial charge in [0.2, 0.25) is 0 Å². The van der Waals surface area contributed by atoms with Crippen LogP contribution in [0.15, 0.2) is 53.8 Å².